The first kappa shape index (κ1) is 14.6. The van der Waals surface area contributed by atoms with E-state index in [0.29, 0.717) is 11.6 Å². The zero-order valence-corrected chi connectivity index (χ0v) is 12.6. The molecule has 0 aliphatic rings. The molecule has 2 aromatic rings. The monoisotopic (exact) mass is 291 g/mol. The van der Waals surface area contributed by atoms with Gasteiger partial charge in [0.25, 0.3) is 0 Å². The second-order valence-corrected chi connectivity index (χ2v) is 5.68. The molecule has 1 N–H and O–H groups in total. The lowest BCUT2D eigenvalue weighted by Gasteiger charge is -2.06. The summed E-state index contributed by atoms with van der Waals surface area (Å²) in [6, 6.07) is 6.33. The first-order valence-electron chi connectivity index (χ1n) is 6.26. The highest BCUT2D eigenvalue weighted by Gasteiger charge is 2.11. The van der Waals surface area contributed by atoms with Gasteiger partial charge in [-0.25, -0.2) is 0 Å². The normalized spacial score (nSPS) is 10.8. The van der Waals surface area contributed by atoms with Crippen molar-refractivity contribution in [3.05, 3.63) is 40.7 Å². The Balaban J connectivity index is 2.13. The number of thioether (sulfide) groups is 1. The molecule has 0 bridgehead atoms. The SMILES string of the molecule is Cc1ccc(Cc2nnc(SCC(=O)O)n2C)cc1C. The van der Waals surface area contributed by atoms with Gasteiger partial charge in [-0.15, -0.1) is 10.2 Å². The Morgan fingerprint density at radius 2 is 2.05 bits per heavy atom. The van der Waals surface area contributed by atoms with Crippen molar-refractivity contribution < 1.29 is 9.90 Å². The molecule has 1 aromatic carbocycles. The van der Waals surface area contributed by atoms with Crippen molar-refractivity contribution in [3.8, 4) is 0 Å². The van der Waals surface area contributed by atoms with Crippen molar-refractivity contribution in [1.82, 2.24) is 14.8 Å². The van der Waals surface area contributed by atoms with Crippen molar-refractivity contribution >= 4 is 17.7 Å². The topological polar surface area (TPSA) is 68.0 Å². The van der Waals surface area contributed by atoms with Gasteiger partial charge in [-0.05, 0) is 30.5 Å². The Kier molecular flexibility index (Phi) is 4.44. The van der Waals surface area contributed by atoms with Crippen LogP contribution in [-0.4, -0.2) is 31.6 Å². The molecule has 0 radical (unpaired) electrons. The molecule has 6 heteroatoms. The summed E-state index contributed by atoms with van der Waals surface area (Å²) in [5, 5.41) is 17.5. The van der Waals surface area contributed by atoms with Crippen LogP contribution in [-0.2, 0) is 18.3 Å². The van der Waals surface area contributed by atoms with Crippen LogP contribution in [0.2, 0.25) is 0 Å². The maximum absolute atomic E-state index is 10.6. The highest BCUT2D eigenvalue weighted by atomic mass is 32.2. The molecule has 1 aromatic heterocycles. The molecular formula is C14H17N3O2S. The van der Waals surface area contributed by atoms with Gasteiger partial charge in [0.1, 0.15) is 5.82 Å². The molecule has 1 heterocycles. The molecule has 0 unspecified atom stereocenters. The first-order valence-corrected chi connectivity index (χ1v) is 7.25. The number of benzene rings is 1. The lowest BCUT2D eigenvalue weighted by molar-refractivity contribution is -0.133. The first-order chi connectivity index (χ1) is 9.47. The van der Waals surface area contributed by atoms with Crippen LogP contribution in [0.3, 0.4) is 0 Å². The average molecular weight is 291 g/mol. The molecule has 20 heavy (non-hydrogen) atoms. The maximum Gasteiger partial charge on any atom is 0.313 e. The number of carboxylic acid groups (broad SMARTS) is 1. The third kappa shape index (κ3) is 3.39. The Hall–Kier alpha value is -1.82. The highest BCUT2D eigenvalue weighted by molar-refractivity contribution is 7.99. The molecule has 106 valence electrons. The van der Waals surface area contributed by atoms with E-state index in [4.69, 9.17) is 5.11 Å². The lowest BCUT2D eigenvalue weighted by atomic mass is 10.0. The van der Waals surface area contributed by atoms with Gasteiger partial charge >= 0.3 is 5.97 Å². The van der Waals surface area contributed by atoms with Gasteiger partial charge in [-0.3, -0.25) is 4.79 Å². The maximum atomic E-state index is 10.6. The van der Waals surface area contributed by atoms with E-state index >= 15 is 0 Å². The molecule has 0 atom stereocenters. The minimum absolute atomic E-state index is 0.00435. The molecule has 0 aliphatic heterocycles. The van der Waals surface area contributed by atoms with Crippen LogP contribution in [0.15, 0.2) is 23.4 Å². The van der Waals surface area contributed by atoms with E-state index in [1.165, 1.54) is 28.5 Å². The Labute approximate surface area is 122 Å². The summed E-state index contributed by atoms with van der Waals surface area (Å²) in [4.78, 5) is 10.6. The smallest absolute Gasteiger partial charge is 0.313 e. The van der Waals surface area contributed by atoms with Gasteiger partial charge in [0.05, 0.1) is 5.75 Å². The minimum Gasteiger partial charge on any atom is -0.481 e. The van der Waals surface area contributed by atoms with Crippen LogP contribution in [0.1, 0.15) is 22.5 Å². The minimum atomic E-state index is -0.853. The zero-order chi connectivity index (χ0) is 14.7. The molecule has 0 fully saturated rings. The van der Waals surface area contributed by atoms with E-state index in [9.17, 15) is 4.79 Å². The number of hydrogen-bond acceptors (Lipinski definition) is 4. The van der Waals surface area contributed by atoms with Gasteiger partial charge in [0.2, 0.25) is 0 Å². The zero-order valence-electron chi connectivity index (χ0n) is 11.8. The van der Waals surface area contributed by atoms with E-state index < -0.39 is 5.97 Å². The fourth-order valence-electron chi connectivity index (χ4n) is 1.85. The second-order valence-electron chi connectivity index (χ2n) is 4.74. The standard InChI is InChI=1S/C14H17N3O2S/c1-9-4-5-11(6-10(9)2)7-12-15-16-14(17(12)3)20-8-13(18)19/h4-6H,7-8H2,1-3H3,(H,18,19). The third-order valence-corrected chi connectivity index (χ3v) is 4.19. The molecule has 0 saturated carbocycles. The molecular weight excluding hydrogens is 274 g/mol. The van der Waals surface area contributed by atoms with Gasteiger partial charge in [0, 0.05) is 13.5 Å². The lowest BCUT2D eigenvalue weighted by Crippen LogP contribution is -2.03. The summed E-state index contributed by atoms with van der Waals surface area (Å²) in [5.41, 5.74) is 3.70. The van der Waals surface area contributed by atoms with E-state index in [2.05, 4.69) is 42.2 Å². The van der Waals surface area contributed by atoms with Crippen LogP contribution in [0.5, 0.6) is 0 Å². The summed E-state index contributed by atoms with van der Waals surface area (Å²) in [6.07, 6.45) is 0.693. The molecule has 0 aliphatic carbocycles. The highest BCUT2D eigenvalue weighted by Crippen LogP contribution is 2.18. The molecule has 5 nitrogen and oxygen atoms in total. The summed E-state index contributed by atoms with van der Waals surface area (Å²) in [5.74, 6) is -0.0230. The number of aromatic nitrogens is 3. The molecule has 0 amide bonds. The van der Waals surface area contributed by atoms with Crippen molar-refractivity contribution in [3.63, 3.8) is 0 Å². The number of carbonyl (C=O) groups is 1. The van der Waals surface area contributed by atoms with Crippen LogP contribution in [0, 0.1) is 13.8 Å². The Morgan fingerprint density at radius 3 is 2.70 bits per heavy atom. The summed E-state index contributed by atoms with van der Waals surface area (Å²) in [6.45, 7) is 4.17. The van der Waals surface area contributed by atoms with Crippen molar-refractivity contribution in [2.24, 2.45) is 7.05 Å². The molecule has 2 rings (SSSR count). The Morgan fingerprint density at radius 1 is 1.30 bits per heavy atom. The van der Waals surface area contributed by atoms with Crippen LogP contribution in [0.25, 0.3) is 0 Å². The van der Waals surface area contributed by atoms with E-state index in [1.54, 1.807) is 0 Å². The summed E-state index contributed by atoms with van der Waals surface area (Å²) in [7, 11) is 1.86. The number of aryl methyl sites for hydroxylation is 2. The number of nitrogens with zero attached hydrogens (tertiary/aromatic N) is 3. The fourth-order valence-corrected chi connectivity index (χ4v) is 2.50. The predicted octanol–water partition coefficient (Wildman–Crippen LogP) is 2.20. The number of aliphatic carboxylic acids is 1. The average Bonchev–Trinajstić information content (AvgIpc) is 2.73. The van der Waals surface area contributed by atoms with E-state index in [1.807, 2.05) is 11.6 Å². The number of hydrogen-bond donors (Lipinski definition) is 1. The predicted molar refractivity (Wildman–Crippen MR) is 78.1 cm³/mol. The van der Waals surface area contributed by atoms with Gasteiger partial charge in [0.15, 0.2) is 5.16 Å². The molecule has 0 spiro atoms. The summed E-state index contributed by atoms with van der Waals surface area (Å²) < 4.78 is 1.85. The van der Waals surface area contributed by atoms with E-state index in [0.717, 1.165) is 5.82 Å². The molecule has 0 saturated heterocycles. The van der Waals surface area contributed by atoms with Gasteiger partial charge in [-0.1, -0.05) is 30.0 Å². The van der Waals surface area contributed by atoms with Crippen LogP contribution in [0.4, 0.5) is 0 Å². The number of carboxylic acids is 1. The van der Waals surface area contributed by atoms with Crippen LogP contribution < -0.4 is 0 Å². The van der Waals surface area contributed by atoms with E-state index in [-0.39, 0.29) is 5.75 Å². The largest absolute Gasteiger partial charge is 0.481 e. The Bertz CT molecular complexity index is 637. The second kappa shape index (κ2) is 6.09. The van der Waals surface area contributed by atoms with Crippen LogP contribution >= 0.6 is 11.8 Å². The van der Waals surface area contributed by atoms with Gasteiger partial charge in [-0.2, -0.15) is 0 Å². The van der Waals surface area contributed by atoms with Crippen molar-refractivity contribution in [1.29, 1.82) is 0 Å². The third-order valence-electron chi connectivity index (χ3n) is 3.18. The van der Waals surface area contributed by atoms with Crippen molar-refractivity contribution in [2.75, 3.05) is 5.75 Å². The number of rotatable bonds is 5. The quantitative estimate of drug-likeness (QED) is 0.855. The summed E-state index contributed by atoms with van der Waals surface area (Å²) >= 11 is 1.18. The fraction of sp³-hybridized carbons (Fsp3) is 0.357. The van der Waals surface area contributed by atoms with Crippen molar-refractivity contribution in [2.45, 2.75) is 25.4 Å². The van der Waals surface area contributed by atoms with Gasteiger partial charge < -0.3 is 9.67 Å².